The van der Waals surface area contributed by atoms with Crippen molar-refractivity contribution in [2.75, 3.05) is 6.61 Å². The van der Waals surface area contributed by atoms with Crippen LogP contribution in [0.15, 0.2) is 23.0 Å². The van der Waals surface area contributed by atoms with Crippen LogP contribution in [0.4, 0.5) is 0 Å². The van der Waals surface area contributed by atoms with E-state index in [1.807, 2.05) is 0 Å². The molecule has 7 aliphatic rings. The maximum atomic E-state index is 14.3. The molecular weight excluding hydrogens is 700 g/mol. The van der Waals surface area contributed by atoms with Gasteiger partial charge < -0.3 is 52.9 Å². The summed E-state index contributed by atoms with van der Waals surface area (Å²) in [6.07, 6.45) is -6.19. The molecule has 4 aliphatic carbocycles. The van der Waals surface area contributed by atoms with Gasteiger partial charge in [-0.15, -0.1) is 0 Å². The molecule has 2 spiro atoms. The lowest BCUT2D eigenvalue weighted by atomic mass is 9.32. The topological polar surface area (TPSA) is 224 Å². The number of esters is 5. The van der Waals surface area contributed by atoms with Crippen molar-refractivity contribution in [2.24, 2.45) is 34.0 Å². The zero-order chi connectivity index (χ0) is 38.7. The summed E-state index contributed by atoms with van der Waals surface area (Å²) in [5.41, 5.74) is -14.8. The van der Waals surface area contributed by atoms with Crippen LogP contribution in [0, 0.1) is 34.0 Å². The van der Waals surface area contributed by atoms with Crippen LogP contribution in [-0.2, 0) is 57.1 Å². The van der Waals surface area contributed by atoms with Crippen LogP contribution in [0.2, 0.25) is 0 Å². The number of fused-ring (bicyclic) bond motifs is 4. The fraction of sp³-hybridized carbons (Fsp3) is 0.757. The van der Waals surface area contributed by atoms with Crippen molar-refractivity contribution >= 4 is 29.8 Å². The summed E-state index contributed by atoms with van der Waals surface area (Å²) in [5, 5.41) is 41.3. The number of carbonyl (C=O) groups is 5. The van der Waals surface area contributed by atoms with Crippen LogP contribution >= 0.6 is 0 Å². The Morgan fingerprint density at radius 2 is 1.55 bits per heavy atom. The van der Waals surface area contributed by atoms with Crippen LogP contribution in [0.5, 0.6) is 0 Å². The molecule has 53 heavy (non-hydrogen) atoms. The van der Waals surface area contributed by atoms with Crippen molar-refractivity contribution in [3.8, 4) is 0 Å². The molecule has 4 saturated carbocycles. The molecule has 7 fully saturated rings. The highest BCUT2D eigenvalue weighted by atomic mass is 16.8. The zero-order valence-corrected chi connectivity index (χ0v) is 30.8. The second-order valence-electron chi connectivity index (χ2n) is 17.1. The van der Waals surface area contributed by atoms with Crippen molar-refractivity contribution < 1.29 is 76.9 Å². The first-order chi connectivity index (χ1) is 24.6. The standard InChI is InChI=1S/C37H46O16/c1-16(2)33-12-23-31(8,25(48-17(3)38)21-9-10-46-13-21)26(49-18(4)39)27(50-19(5)40)37(45)32-15-47-24(42)11-22(32)30(7)14-34(32,43)35(44,28(30)51-20(6)41)29(52-33)36(23,37)53-33/h9-10,13,16,22-23,25-29,43-45H,11-12,14-15H2,1-8H3/t22-,23+,25-,26-,27+,28-,29+,30-,31+,32+,33?,34+,35-,36+,37-/m0/s1. The Hall–Kier alpha value is -3.57. The summed E-state index contributed by atoms with van der Waals surface area (Å²) < 4.78 is 49.6. The van der Waals surface area contributed by atoms with Crippen LogP contribution in [0.3, 0.4) is 0 Å². The van der Waals surface area contributed by atoms with E-state index in [1.54, 1.807) is 33.8 Å². The van der Waals surface area contributed by atoms with Gasteiger partial charge in [0.15, 0.2) is 23.6 Å². The fourth-order valence-electron chi connectivity index (χ4n) is 13.0. The molecule has 15 atom stereocenters. The summed E-state index contributed by atoms with van der Waals surface area (Å²) in [6.45, 7) is 10.8. The number of rotatable bonds is 7. The van der Waals surface area contributed by atoms with E-state index < -0.39 is 136 Å². The van der Waals surface area contributed by atoms with Crippen molar-refractivity contribution in [1.29, 1.82) is 0 Å². The molecule has 1 unspecified atom stereocenters. The van der Waals surface area contributed by atoms with Crippen molar-refractivity contribution in [1.82, 2.24) is 0 Å². The summed E-state index contributed by atoms with van der Waals surface area (Å²) in [4.78, 5) is 65.7. The Bertz CT molecular complexity index is 1810. The van der Waals surface area contributed by atoms with Crippen LogP contribution < -0.4 is 0 Å². The SMILES string of the molecule is CC(=O)O[C@@H]1[C@H](OC(C)=O)[C@@](C)([C@@H](OC(C)=O)c2ccoc2)[C@H]2CC3(C(C)C)O[C@@H]4[C@@]5(O)[C@@H](OC(C)=O)[C@@]6(C)C[C@@]5(O)[C@]5(COC(=O)C[C@@H]65)[C@]1(O)[C@@]24O3. The predicted molar refractivity (Wildman–Crippen MR) is 171 cm³/mol. The van der Waals surface area contributed by atoms with E-state index in [0.29, 0.717) is 5.56 Å². The Morgan fingerprint density at radius 3 is 2.11 bits per heavy atom. The molecule has 0 radical (unpaired) electrons. The van der Waals surface area contributed by atoms with E-state index in [9.17, 15) is 39.3 Å². The molecule has 16 heteroatoms. The van der Waals surface area contributed by atoms with Gasteiger partial charge in [-0.3, -0.25) is 24.0 Å². The number of cyclic esters (lactones) is 1. The van der Waals surface area contributed by atoms with Crippen molar-refractivity contribution in [3.05, 3.63) is 24.2 Å². The summed E-state index contributed by atoms with van der Waals surface area (Å²) in [7, 11) is 0. The molecule has 1 aromatic heterocycles. The van der Waals surface area contributed by atoms with Crippen molar-refractivity contribution in [3.63, 3.8) is 0 Å². The third-order valence-corrected chi connectivity index (χ3v) is 14.5. The first-order valence-electron chi connectivity index (χ1n) is 18.0. The Labute approximate surface area is 304 Å². The number of aliphatic hydroxyl groups is 3. The highest BCUT2D eigenvalue weighted by molar-refractivity contribution is 5.74. The molecule has 290 valence electrons. The maximum absolute atomic E-state index is 14.3. The third-order valence-electron chi connectivity index (χ3n) is 14.5. The van der Waals surface area contributed by atoms with E-state index in [4.69, 9.17) is 37.6 Å². The Balaban J connectivity index is 1.53. The van der Waals surface area contributed by atoms with Gasteiger partial charge in [-0.05, 0) is 18.4 Å². The molecule has 8 rings (SSSR count). The summed E-state index contributed by atoms with van der Waals surface area (Å²) in [6, 6.07) is 1.55. The monoisotopic (exact) mass is 746 g/mol. The Morgan fingerprint density at radius 1 is 0.906 bits per heavy atom. The van der Waals surface area contributed by atoms with Gasteiger partial charge in [-0.25, -0.2) is 0 Å². The van der Waals surface area contributed by atoms with Gasteiger partial charge in [0.05, 0.1) is 23.4 Å². The molecular formula is C37H46O16. The molecule has 0 amide bonds. The van der Waals surface area contributed by atoms with E-state index in [2.05, 4.69) is 0 Å². The van der Waals surface area contributed by atoms with Gasteiger partial charge in [0.25, 0.3) is 0 Å². The molecule has 0 aromatic carbocycles. The number of ether oxygens (including phenoxy) is 7. The smallest absolute Gasteiger partial charge is 0.306 e. The highest BCUT2D eigenvalue weighted by Crippen LogP contribution is 2.87. The number of carbonyl (C=O) groups excluding carboxylic acids is 5. The molecule has 16 nitrogen and oxygen atoms in total. The molecule has 3 aliphatic heterocycles. The quantitative estimate of drug-likeness (QED) is 0.265. The van der Waals surface area contributed by atoms with Gasteiger partial charge in [-0.2, -0.15) is 0 Å². The first kappa shape index (κ1) is 36.4. The van der Waals surface area contributed by atoms with Gasteiger partial charge in [0, 0.05) is 63.4 Å². The van der Waals surface area contributed by atoms with Crippen LogP contribution in [0.1, 0.15) is 86.3 Å². The second-order valence-corrected chi connectivity index (χ2v) is 17.1. The molecule has 4 bridgehead atoms. The largest absolute Gasteiger partial charge is 0.472 e. The highest BCUT2D eigenvalue weighted by Gasteiger charge is 3.04. The number of hydrogen-bond acceptors (Lipinski definition) is 16. The maximum Gasteiger partial charge on any atom is 0.306 e. The molecule has 1 aromatic rings. The summed E-state index contributed by atoms with van der Waals surface area (Å²) >= 11 is 0. The Kier molecular flexibility index (Phi) is 7.27. The average molecular weight is 747 g/mol. The first-order valence-corrected chi connectivity index (χ1v) is 18.0. The fourth-order valence-corrected chi connectivity index (χ4v) is 13.0. The zero-order valence-electron chi connectivity index (χ0n) is 30.8. The van der Waals surface area contributed by atoms with Crippen LogP contribution in [-0.4, -0.2) is 104 Å². The summed E-state index contributed by atoms with van der Waals surface area (Å²) in [5.74, 6) is -8.32. The lowest BCUT2D eigenvalue weighted by molar-refractivity contribution is -0.450. The predicted octanol–water partition coefficient (Wildman–Crippen LogP) is 1.41. The lowest BCUT2D eigenvalue weighted by Crippen LogP contribution is -2.97. The van der Waals surface area contributed by atoms with Gasteiger partial charge in [-0.1, -0.05) is 27.7 Å². The third kappa shape index (κ3) is 3.72. The van der Waals surface area contributed by atoms with Gasteiger partial charge in [0.2, 0.25) is 0 Å². The van der Waals surface area contributed by atoms with Crippen LogP contribution in [0.25, 0.3) is 0 Å². The minimum atomic E-state index is -2.68. The van der Waals surface area contributed by atoms with Gasteiger partial charge >= 0.3 is 29.8 Å². The normalized spacial score (nSPS) is 50.2. The minimum absolute atomic E-state index is 0.0509. The van der Waals surface area contributed by atoms with E-state index in [-0.39, 0.29) is 12.8 Å². The van der Waals surface area contributed by atoms with E-state index in [0.717, 1.165) is 20.8 Å². The lowest BCUT2D eigenvalue weighted by Gasteiger charge is -2.77. The number of hydrogen-bond donors (Lipinski definition) is 3. The molecule has 4 heterocycles. The van der Waals surface area contributed by atoms with Crippen molar-refractivity contribution in [2.45, 2.75) is 133 Å². The molecule has 3 saturated heterocycles. The average Bonchev–Trinajstić information content (AvgIpc) is 3.86. The second kappa shape index (κ2) is 10.6. The van der Waals surface area contributed by atoms with E-state index >= 15 is 0 Å². The van der Waals surface area contributed by atoms with E-state index in [1.165, 1.54) is 19.5 Å². The molecule has 3 N–H and O–H groups in total. The number of furan rings is 1. The minimum Gasteiger partial charge on any atom is -0.472 e. The van der Waals surface area contributed by atoms with Gasteiger partial charge in [0.1, 0.15) is 41.7 Å².